The topological polar surface area (TPSA) is 103 Å². The summed E-state index contributed by atoms with van der Waals surface area (Å²) in [4.78, 5) is 17.9. The summed E-state index contributed by atoms with van der Waals surface area (Å²) in [6.07, 6.45) is 3.26. The molecule has 0 atom stereocenters. The van der Waals surface area contributed by atoms with Crippen LogP contribution in [0.5, 0.6) is 11.5 Å². The molecule has 0 spiro atoms. The Morgan fingerprint density at radius 3 is 2.97 bits per heavy atom. The van der Waals surface area contributed by atoms with Gasteiger partial charge >= 0.3 is 6.09 Å². The van der Waals surface area contributed by atoms with Crippen molar-refractivity contribution in [3.8, 4) is 11.5 Å². The number of rotatable bonds is 7. The summed E-state index contributed by atoms with van der Waals surface area (Å²) in [6, 6.07) is 3.07. The summed E-state index contributed by atoms with van der Waals surface area (Å²) < 4.78 is 32.7. The first-order chi connectivity index (χ1) is 15.7. The van der Waals surface area contributed by atoms with Crippen molar-refractivity contribution in [1.82, 2.24) is 24.5 Å². The monoisotopic (exact) mass is 458 g/mol. The van der Waals surface area contributed by atoms with Gasteiger partial charge in [-0.1, -0.05) is 0 Å². The van der Waals surface area contributed by atoms with Gasteiger partial charge in [-0.3, -0.25) is 0 Å². The maximum Gasteiger partial charge on any atom is 0.410 e. The van der Waals surface area contributed by atoms with E-state index < -0.39 is 11.7 Å². The second-order valence-electron chi connectivity index (χ2n) is 8.68. The Kier molecular flexibility index (Phi) is 6.21. The minimum absolute atomic E-state index is 0.216. The van der Waals surface area contributed by atoms with Crippen molar-refractivity contribution in [2.24, 2.45) is 0 Å². The van der Waals surface area contributed by atoms with Crippen molar-refractivity contribution in [2.75, 3.05) is 32.1 Å². The number of amides is 1. The highest BCUT2D eigenvalue weighted by Gasteiger charge is 2.21. The van der Waals surface area contributed by atoms with Gasteiger partial charge in [-0.05, 0) is 32.9 Å². The fourth-order valence-electron chi connectivity index (χ4n) is 3.43. The van der Waals surface area contributed by atoms with E-state index in [9.17, 15) is 9.18 Å². The van der Waals surface area contributed by atoms with E-state index in [2.05, 4.69) is 20.5 Å². The number of halogens is 1. The molecule has 33 heavy (non-hydrogen) atoms. The van der Waals surface area contributed by atoms with E-state index in [1.165, 1.54) is 23.5 Å². The number of anilines is 1. The Bertz CT molecular complexity index is 1160. The predicted octanol–water partition coefficient (Wildman–Crippen LogP) is 3.06. The highest BCUT2D eigenvalue weighted by molar-refractivity contribution is 5.67. The molecule has 0 saturated carbocycles. The molecule has 3 aromatic rings. The largest absolute Gasteiger partial charge is 0.493 e. The molecule has 0 radical (unpaired) electrons. The van der Waals surface area contributed by atoms with E-state index in [0.29, 0.717) is 42.5 Å². The molecular weight excluding hydrogens is 431 g/mol. The predicted molar refractivity (Wildman–Crippen MR) is 118 cm³/mol. The Hall–Kier alpha value is -3.63. The molecule has 0 unspecified atom stereocenters. The number of nitrogens with zero attached hydrogens (tertiary/aromatic N) is 5. The Morgan fingerprint density at radius 1 is 1.36 bits per heavy atom. The van der Waals surface area contributed by atoms with Gasteiger partial charge in [0.05, 0.1) is 19.3 Å². The molecule has 11 heteroatoms. The van der Waals surface area contributed by atoms with Crippen LogP contribution in [0.4, 0.5) is 15.1 Å². The Balaban J connectivity index is 1.41. The van der Waals surface area contributed by atoms with E-state index >= 15 is 0 Å². The van der Waals surface area contributed by atoms with Crippen molar-refractivity contribution in [2.45, 2.75) is 39.3 Å². The zero-order chi connectivity index (χ0) is 23.6. The number of carbonyl (C=O) groups excluding carboxylic acids is 1. The lowest BCUT2D eigenvalue weighted by molar-refractivity contribution is 0.0278. The van der Waals surface area contributed by atoms with E-state index in [-0.39, 0.29) is 19.0 Å². The fraction of sp³-hybridized carbons (Fsp3) is 0.455. The quantitative estimate of drug-likeness (QED) is 0.576. The average Bonchev–Trinajstić information content (AvgIpc) is 3.42. The third-order valence-corrected chi connectivity index (χ3v) is 5.05. The van der Waals surface area contributed by atoms with Crippen molar-refractivity contribution in [3.63, 3.8) is 0 Å². The van der Waals surface area contributed by atoms with Crippen LogP contribution in [0.2, 0.25) is 0 Å². The highest BCUT2D eigenvalue weighted by atomic mass is 19.1. The molecule has 1 aromatic carbocycles. The Morgan fingerprint density at radius 2 is 2.18 bits per heavy atom. The van der Waals surface area contributed by atoms with Crippen LogP contribution in [0.15, 0.2) is 24.7 Å². The van der Waals surface area contributed by atoms with Gasteiger partial charge in [0.1, 0.15) is 30.1 Å². The number of fused-ring (bicyclic) bond motifs is 2. The van der Waals surface area contributed by atoms with Crippen LogP contribution in [-0.4, -0.2) is 63.0 Å². The first kappa shape index (κ1) is 22.6. The molecule has 2 aromatic heterocycles. The number of nitrogens with one attached hydrogen (secondary N) is 1. The normalized spacial score (nSPS) is 12.9. The lowest BCUT2D eigenvalue weighted by atomic mass is 10.0. The van der Waals surface area contributed by atoms with Gasteiger partial charge in [0.2, 0.25) is 11.6 Å². The highest BCUT2D eigenvalue weighted by Crippen LogP contribution is 2.30. The molecule has 1 aliphatic heterocycles. The summed E-state index contributed by atoms with van der Waals surface area (Å²) in [6.45, 7) is 6.75. The van der Waals surface area contributed by atoms with Gasteiger partial charge in [0.15, 0.2) is 5.75 Å². The minimum Gasteiger partial charge on any atom is -0.493 e. The van der Waals surface area contributed by atoms with Gasteiger partial charge in [-0.25, -0.2) is 18.6 Å². The van der Waals surface area contributed by atoms with Gasteiger partial charge in [0.25, 0.3) is 0 Å². The number of hydrogen-bond donors (Lipinski definition) is 1. The number of hydrogen-bond acceptors (Lipinski definition) is 8. The molecule has 4 rings (SSSR count). The molecule has 0 fully saturated rings. The lowest BCUT2D eigenvalue weighted by Crippen LogP contribution is -2.36. The number of likely N-dealkylation sites (N-methyl/N-ethyl adjacent to an activating group) is 1. The number of carbonyl (C=O) groups is 1. The first-order valence-corrected chi connectivity index (χ1v) is 10.7. The van der Waals surface area contributed by atoms with Crippen molar-refractivity contribution in [1.29, 1.82) is 0 Å². The van der Waals surface area contributed by atoms with Gasteiger partial charge in [0, 0.05) is 31.1 Å². The van der Waals surface area contributed by atoms with Gasteiger partial charge in [-0.2, -0.15) is 0 Å². The minimum atomic E-state index is -0.567. The van der Waals surface area contributed by atoms with E-state index in [0.717, 1.165) is 11.3 Å². The molecule has 1 N–H and O–H groups in total. The van der Waals surface area contributed by atoms with Crippen LogP contribution in [-0.2, 0) is 17.7 Å². The first-order valence-electron chi connectivity index (χ1n) is 10.7. The zero-order valence-electron chi connectivity index (χ0n) is 19.1. The third-order valence-electron chi connectivity index (χ3n) is 5.05. The fourth-order valence-corrected chi connectivity index (χ4v) is 3.43. The average molecular weight is 458 g/mol. The second-order valence-corrected chi connectivity index (χ2v) is 8.68. The Labute approximate surface area is 190 Å². The molecule has 0 bridgehead atoms. The number of ether oxygens (including phenoxy) is 3. The summed E-state index contributed by atoms with van der Waals surface area (Å²) in [7, 11) is 1.64. The summed E-state index contributed by atoms with van der Waals surface area (Å²) >= 11 is 0. The molecule has 10 nitrogen and oxygen atoms in total. The standard InChI is InChI=1S/C22H27FN6O4/c1-22(2,3)33-21(30)28(4)8-10-32-18-12-25-20(29-13-26-27-19(18)29)24-11-15-14-7-9-31-17(14)6-5-16(15)23/h5-6,12-13H,7-11H2,1-4H3,(H,24,25). The van der Waals surface area contributed by atoms with Crippen molar-refractivity contribution in [3.05, 3.63) is 41.6 Å². The molecule has 1 aliphatic rings. The smallest absolute Gasteiger partial charge is 0.410 e. The van der Waals surface area contributed by atoms with Gasteiger partial charge < -0.3 is 24.4 Å². The van der Waals surface area contributed by atoms with Crippen LogP contribution in [0.3, 0.4) is 0 Å². The van der Waals surface area contributed by atoms with E-state index in [1.807, 2.05) is 20.8 Å². The zero-order valence-corrected chi connectivity index (χ0v) is 19.1. The SMILES string of the molecule is CN(CCOc1cnc(NCc2c(F)ccc3c2CCO3)n2cnnc12)C(=O)OC(C)(C)C. The summed E-state index contributed by atoms with van der Waals surface area (Å²) in [5, 5.41) is 11.2. The van der Waals surface area contributed by atoms with Gasteiger partial charge in [-0.15, -0.1) is 10.2 Å². The third kappa shape index (κ3) is 5.07. The van der Waals surface area contributed by atoms with Crippen LogP contribution < -0.4 is 14.8 Å². The maximum absolute atomic E-state index is 14.4. The lowest BCUT2D eigenvalue weighted by Gasteiger charge is -2.24. The van der Waals surface area contributed by atoms with Crippen LogP contribution >= 0.6 is 0 Å². The molecule has 1 amide bonds. The molecule has 0 aliphatic carbocycles. The second kappa shape index (κ2) is 9.08. The van der Waals surface area contributed by atoms with Crippen molar-refractivity contribution < 1.29 is 23.4 Å². The van der Waals surface area contributed by atoms with E-state index in [1.54, 1.807) is 17.5 Å². The van der Waals surface area contributed by atoms with Crippen LogP contribution in [0, 0.1) is 5.82 Å². The number of benzene rings is 1. The van der Waals surface area contributed by atoms with Crippen LogP contribution in [0.1, 0.15) is 31.9 Å². The molecule has 176 valence electrons. The number of aromatic nitrogens is 4. The van der Waals surface area contributed by atoms with Crippen LogP contribution in [0.25, 0.3) is 5.65 Å². The summed E-state index contributed by atoms with van der Waals surface area (Å²) in [5.41, 5.74) is 1.31. The molecule has 0 saturated heterocycles. The van der Waals surface area contributed by atoms with E-state index in [4.69, 9.17) is 14.2 Å². The maximum atomic E-state index is 14.4. The summed E-state index contributed by atoms with van der Waals surface area (Å²) in [5.74, 6) is 1.29. The van der Waals surface area contributed by atoms with Crippen molar-refractivity contribution >= 4 is 17.7 Å². The molecular formula is C22H27FN6O4. The molecule has 3 heterocycles.